The van der Waals surface area contributed by atoms with Gasteiger partial charge in [-0.3, -0.25) is 0 Å². The zero-order valence-corrected chi connectivity index (χ0v) is 11.3. The molecule has 0 aliphatic carbocycles. The maximum absolute atomic E-state index is 13.8. The van der Waals surface area contributed by atoms with Crippen LogP contribution in [-0.4, -0.2) is 12.7 Å². The van der Waals surface area contributed by atoms with E-state index in [0.29, 0.717) is 6.54 Å². The normalized spacial score (nSPS) is 13.6. The van der Waals surface area contributed by atoms with E-state index in [2.05, 4.69) is 5.32 Å². The van der Waals surface area contributed by atoms with Gasteiger partial charge in [0, 0.05) is 18.0 Å². The van der Waals surface area contributed by atoms with Crippen molar-refractivity contribution < 1.29 is 17.6 Å². The van der Waals surface area contributed by atoms with Crippen LogP contribution in [-0.2, 0) is 0 Å². The highest BCUT2D eigenvalue weighted by molar-refractivity contribution is 6.30. The zero-order valence-electron chi connectivity index (χ0n) is 10.5. The number of halogens is 5. The molecule has 0 bridgehead atoms. The van der Waals surface area contributed by atoms with E-state index in [1.807, 2.05) is 6.92 Å². The summed E-state index contributed by atoms with van der Waals surface area (Å²) in [6.45, 7) is 2.41. The van der Waals surface area contributed by atoms with Gasteiger partial charge in [0.15, 0.2) is 0 Å². The van der Waals surface area contributed by atoms with Gasteiger partial charge in [-0.1, -0.05) is 30.7 Å². The lowest BCUT2D eigenvalue weighted by molar-refractivity contribution is -0.136. The predicted molar refractivity (Wildman–Crippen MR) is 67.7 cm³/mol. The van der Waals surface area contributed by atoms with Crippen molar-refractivity contribution >= 4 is 11.6 Å². The Morgan fingerprint density at radius 3 is 2.58 bits per heavy atom. The van der Waals surface area contributed by atoms with Crippen LogP contribution < -0.4 is 5.32 Å². The Labute approximate surface area is 115 Å². The van der Waals surface area contributed by atoms with Crippen molar-refractivity contribution in [2.24, 2.45) is 0 Å². The molecule has 0 amide bonds. The van der Waals surface area contributed by atoms with Crippen LogP contribution >= 0.6 is 11.6 Å². The Morgan fingerprint density at radius 2 is 2.00 bits per heavy atom. The Kier molecular flexibility index (Phi) is 6.07. The van der Waals surface area contributed by atoms with E-state index in [1.54, 1.807) is 0 Å². The maximum Gasteiger partial charge on any atom is 0.389 e. The second-order valence-corrected chi connectivity index (χ2v) is 4.71. The monoisotopic (exact) mass is 297 g/mol. The molecular weight excluding hydrogens is 282 g/mol. The predicted octanol–water partition coefficient (Wildman–Crippen LogP) is 4.86. The molecule has 0 aromatic heterocycles. The van der Waals surface area contributed by atoms with Crippen molar-refractivity contribution in [3.8, 4) is 0 Å². The molecule has 108 valence electrons. The molecule has 0 radical (unpaired) electrons. The lowest BCUT2D eigenvalue weighted by atomic mass is 10.0. The van der Waals surface area contributed by atoms with E-state index in [0.717, 1.165) is 6.42 Å². The van der Waals surface area contributed by atoms with Gasteiger partial charge in [0.25, 0.3) is 0 Å². The van der Waals surface area contributed by atoms with E-state index >= 15 is 0 Å². The molecule has 1 unspecified atom stereocenters. The molecule has 0 aliphatic rings. The summed E-state index contributed by atoms with van der Waals surface area (Å²) in [5.74, 6) is -0.653. The minimum absolute atomic E-state index is 0.0761. The Bertz CT molecular complexity index is 406. The van der Waals surface area contributed by atoms with Crippen molar-refractivity contribution in [1.29, 1.82) is 0 Å². The average molecular weight is 298 g/mol. The Morgan fingerprint density at radius 1 is 1.32 bits per heavy atom. The smallest absolute Gasteiger partial charge is 0.310 e. The molecule has 1 aromatic carbocycles. The van der Waals surface area contributed by atoms with Gasteiger partial charge in [0.05, 0.1) is 5.02 Å². The number of hydrogen-bond donors (Lipinski definition) is 1. The van der Waals surface area contributed by atoms with E-state index < -0.39 is 24.5 Å². The molecular formula is C13H16ClF4N. The molecule has 1 rings (SSSR count). The maximum atomic E-state index is 13.8. The fourth-order valence-corrected chi connectivity index (χ4v) is 1.97. The summed E-state index contributed by atoms with van der Waals surface area (Å²) < 4.78 is 50.7. The number of nitrogens with one attached hydrogen (secondary N) is 1. The van der Waals surface area contributed by atoms with Crippen molar-refractivity contribution in [2.45, 2.75) is 38.4 Å². The minimum atomic E-state index is -4.25. The van der Waals surface area contributed by atoms with Gasteiger partial charge in [-0.15, -0.1) is 0 Å². The van der Waals surface area contributed by atoms with E-state index in [9.17, 15) is 17.6 Å². The van der Waals surface area contributed by atoms with Crippen molar-refractivity contribution in [3.63, 3.8) is 0 Å². The highest BCUT2D eigenvalue weighted by atomic mass is 35.5. The minimum Gasteiger partial charge on any atom is -0.310 e. The molecule has 1 aromatic rings. The van der Waals surface area contributed by atoms with Gasteiger partial charge in [0.1, 0.15) is 5.82 Å². The molecule has 0 saturated carbocycles. The fourth-order valence-electron chi connectivity index (χ4n) is 1.78. The van der Waals surface area contributed by atoms with Gasteiger partial charge in [-0.25, -0.2) is 4.39 Å². The molecule has 0 fully saturated rings. The molecule has 1 nitrogen and oxygen atoms in total. The molecule has 0 aliphatic heterocycles. The van der Waals surface area contributed by atoms with E-state index in [-0.39, 0.29) is 17.0 Å². The van der Waals surface area contributed by atoms with Crippen LogP contribution in [0.1, 0.15) is 37.8 Å². The van der Waals surface area contributed by atoms with Crippen LogP contribution in [0.25, 0.3) is 0 Å². The molecule has 0 heterocycles. The van der Waals surface area contributed by atoms with Crippen molar-refractivity contribution in [3.05, 3.63) is 34.6 Å². The van der Waals surface area contributed by atoms with Gasteiger partial charge in [0.2, 0.25) is 0 Å². The first-order chi connectivity index (χ1) is 8.85. The number of alkyl halides is 3. The lowest BCUT2D eigenvalue weighted by Crippen LogP contribution is -2.25. The van der Waals surface area contributed by atoms with Gasteiger partial charge in [-0.2, -0.15) is 13.2 Å². The van der Waals surface area contributed by atoms with Crippen LogP contribution in [0.2, 0.25) is 5.02 Å². The summed E-state index contributed by atoms with van der Waals surface area (Å²) >= 11 is 5.66. The van der Waals surface area contributed by atoms with Crippen LogP contribution in [0.5, 0.6) is 0 Å². The summed E-state index contributed by atoms with van der Waals surface area (Å²) in [4.78, 5) is 0. The van der Waals surface area contributed by atoms with Crippen LogP contribution in [0.4, 0.5) is 17.6 Å². The quantitative estimate of drug-likeness (QED) is 0.739. The topological polar surface area (TPSA) is 12.0 Å². The molecule has 0 spiro atoms. The second-order valence-electron chi connectivity index (χ2n) is 4.30. The standard InChI is InChI=1S/C13H16ClF4N/c1-2-8-19-11(6-7-13(16,17)18)9-4-3-5-10(14)12(9)15/h3-5,11,19H,2,6-8H2,1H3. The molecule has 6 heteroatoms. The molecule has 19 heavy (non-hydrogen) atoms. The van der Waals surface area contributed by atoms with E-state index in [1.165, 1.54) is 18.2 Å². The summed E-state index contributed by atoms with van der Waals surface area (Å²) in [5, 5.41) is 2.85. The molecule has 1 N–H and O–H groups in total. The average Bonchev–Trinajstić information content (AvgIpc) is 2.32. The van der Waals surface area contributed by atoms with E-state index in [4.69, 9.17) is 11.6 Å². The van der Waals surface area contributed by atoms with Gasteiger partial charge >= 0.3 is 6.18 Å². The zero-order chi connectivity index (χ0) is 14.5. The summed E-state index contributed by atoms with van der Waals surface area (Å²) in [6, 6.07) is 3.70. The number of hydrogen-bond acceptors (Lipinski definition) is 1. The molecule has 1 atom stereocenters. The molecule has 0 saturated heterocycles. The lowest BCUT2D eigenvalue weighted by Gasteiger charge is -2.20. The van der Waals surface area contributed by atoms with Crippen molar-refractivity contribution in [2.75, 3.05) is 6.54 Å². The summed E-state index contributed by atoms with van der Waals surface area (Å²) in [7, 11) is 0. The highest BCUT2D eigenvalue weighted by Crippen LogP contribution is 2.30. The summed E-state index contributed by atoms with van der Waals surface area (Å²) in [5.41, 5.74) is 0.185. The van der Waals surface area contributed by atoms with Crippen LogP contribution in [0, 0.1) is 5.82 Å². The van der Waals surface area contributed by atoms with Gasteiger partial charge in [-0.05, 0) is 25.5 Å². The van der Waals surface area contributed by atoms with Gasteiger partial charge < -0.3 is 5.32 Å². The number of benzene rings is 1. The SMILES string of the molecule is CCCNC(CCC(F)(F)F)c1cccc(Cl)c1F. The Balaban J connectivity index is 2.86. The first-order valence-corrected chi connectivity index (χ1v) is 6.47. The highest BCUT2D eigenvalue weighted by Gasteiger charge is 2.29. The fraction of sp³-hybridized carbons (Fsp3) is 0.538. The largest absolute Gasteiger partial charge is 0.389 e. The van der Waals surface area contributed by atoms with Crippen LogP contribution in [0.15, 0.2) is 18.2 Å². The first kappa shape index (κ1) is 16.2. The third-order valence-electron chi connectivity index (χ3n) is 2.71. The number of rotatable bonds is 6. The van der Waals surface area contributed by atoms with Crippen LogP contribution in [0.3, 0.4) is 0 Å². The Hall–Kier alpha value is -0.810. The third kappa shape index (κ3) is 5.37. The summed E-state index contributed by atoms with van der Waals surface area (Å²) in [6.07, 6.45) is -4.66. The third-order valence-corrected chi connectivity index (χ3v) is 3.01. The second kappa shape index (κ2) is 7.10. The first-order valence-electron chi connectivity index (χ1n) is 6.09. The van der Waals surface area contributed by atoms with Crippen molar-refractivity contribution in [1.82, 2.24) is 5.32 Å².